The molecule has 0 saturated heterocycles. The van der Waals surface area contributed by atoms with Gasteiger partial charge in [-0.1, -0.05) is 0 Å². The second kappa shape index (κ2) is 8.36. The number of methoxy groups -OCH3 is 1. The maximum absolute atomic E-state index is 12.3. The lowest BCUT2D eigenvalue weighted by molar-refractivity contribution is -0.133. The molecule has 0 aromatic carbocycles. The Kier molecular flexibility index (Phi) is 6.68. The average molecular weight is 415 g/mol. The van der Waals surface area contributed by atoms with Crippen molar-refractivity contribution in [2.45, 2.75) is 51.7 Å². The highest BCUT2D eigenvalue weighted by Gasteiger charge is 2.31. The van der Waals surface area contributed by atoms with E-state index in [1.807, 2.05) is 13.8 Å². The summed E-state index contributed by atoms with van der Waals surface area (Å²) in [5.41, 5.74) is -0.628. The fourth-order valence-electron chi connectivity index (χ4n) is 2.98. The fourth-order valence-corrected chi connectivity index (χ4v) is 3.50. The molecular weight excluding hydrogens is 388 g/mol. The van der Waals surface area contributed by atoms with Crippen LogP contribution in [0.1, 0.15) is 39.5 Å². The molecule has 0 spiro atoms. The first kappa shape index (κ1) is 20.0. The lowest BCUT2D eigenvalue weighted by atomic mass is 9.89. The van der Waals surface area contributed by atoms with Crippen molar-refractivity contribution in [3.8, 4) is 5.75 Å². The summed E-state index contributed by atoms with van der Waals surface area (Å²) < 4.78 is 13.4. The van der Waals surface area contributed by atoms with Gasteiger partial charge in [-0.3, -0.25) is 9.59 Å². The highest BCUT2D eigenvalue weighted by atomic mass is 79.9. The van der Waals surface area contributed by atoms with E-state index in [0.717, 1.165) is 30.2 Å². The number of ether oxygens (including phenoxy) is 2. The number of amides is 1. The van der Waals surface area contributed by atoms with Gasteiger partial charge in [0.15, 0.2) is 0 Å². The van der Waals surface area contributed by atoms with Crippen LogP contribution in [0.25, 0.3) is 0 Å². The molecule has 0 aliphatic heterocycles. The molecule has 1 amide bonds. The van der Waals surface area contributed by atoms with Crippen molar-refractivity contribution in [1.29, 1.82) is 0 Å². The minimum atomic E-state index is -0.531. The van der Waals surface area contributed by atoms with Crippen LogP contribution in [0.4, 0.5) is 0 Å². The van der Waals surface area contributed by atoms with Gasteiger partial charge in [-0.05, 0) is 55.5 Å². The summed E-state index contributed by atoms with van der Waals surface area (Å²) in [4.78, 5) is 24.1. The van der Waals surface area contributed by atoms with Gasteiger partial charge >= 0.3 is 0 Å². The highest BCUT2D eigenvalue weighted by molar-refractivity contribution is 9.10. The molecule has 0 radical (unpaired) electrons. The van der Waals surface area contributed by atoms with E-state index in [-0.39, 0.29) is 23.6 Å². The number of hydrogen-bond acceptors (Lipinski definition) is 4. The second-order valence-corrected chi connectivity index (χ2v) is 8.17. The Morgan fingerprint density at radius 3 is 2.60 bits per heavy atom. The van der Waals surface area contributed by atoms with Crippen LogP contribution in [0.15, 0.2) is 21.5 Å². The molecular formula is C18H27BrN2O4. The third-order valence-electron chi connectivity index (χ3n) is 4.57. The Morgan fingerprint density at radius 2 is 2.00 bits per heavy atom. The van der Waals surface area contributed by atoms with Gasteiger partial charge < -0.3 is 19.4 Å². The van der Waals surface area contributed by atoms with Crippen LogP contribution in [-0.2, 0) is 16.6 Å². The van der Waals surface area contributed by atoms with Crippen molar-refractivity contribution in [2.75, 3.05) is 13.7 Å². The number of pyridine rings is 1. The number of halogens is 1. The fraction of sp³-hybridized carbons (Fsp3) is 0.667. The Labute approximate surface area is 157 Å². The Bertz CT molecular complexity index is 664. The smallest absolute Gasteiger partial charge is 0.254 e. The summed E-state index contributed by atoms with van der Waals surface area (Å²) in [7, 11) is 3.31. The Balaban J connectivity index is 1.87. The molecule has 1 aliphatic carbocycles. The van der Waals surface area contributed by atoms with E-state index in [1.165, 1.54) is 10.6 Å². The molecule has 0 bridgehead atoms. The zero-order chi connectivity index (χ0) is 18.6. The third-order valence-corrected chi connectivity index (χ3v) is 5.16. The van der Waals surface area contributed by atoms with E-state index in [9.17, 15) is 9.59 Å². The van der Waals surface area contributed by atoms with Gasteiger partial charge in [0.25, 0.3) is 5.56 Å². The van der Waals surface area contributed by atoms with Gasteiger partial charge in [-0.25, -0.2) is 0 Å². The summed E-state index contributed by atoms with van der Waals surface area (Å²) in [6.07, 6.45) is 5.18. The first-order valence-electron chi connectivity index (χ1n) is 8.55. The van der Waals surface area contributed by atoms with Gasteiger partial charge in [-0.15, -0.1) is 0 Å². The molecule has 1 aromatic rings. The number of carbonyl (C=O) groups excluding carboxylic acids is 1. The Hall–Kier alpha value is -1.34. The van der Waals surface area contributed by atoms with E-state index in [1.54, 1.807) is 20.4 Å². The predicted octanol–water partition coefficient (Wildman–Crippen LogP) is 2.63. The lowest BCUT2D eigenvalue weighted by Crippen LogP contribution is -2.46. The number of nitrogens with one attached hydrogen (secondary N) is 1. The number of rotatable bonds is 6. The van der Waals surface area contributed by atoms with Gasteiger partial charge in [0, 0.05) is 32.5 Å². The van der Waals surface area contributed by atoms with E-state index in [4.69, 9.17) is 9.47 Å². The number of hydrogen-bond donors (Lipinski definition) is 1. The molecule has 0 atom stereocenters. The largest absolute Gasteiger partial charge is 0.489 e. The summed E-state index contributed by atoms with van der Waals surface area (Å²) in [5.74, 6) is 0.602. The zero-order valence-electron chi connectivity index (χ0n) is 15.3. The highest BCUT2D eigenvalue weighted by Crippen LogP contribution is 2.28. The maximum Gasteiger partial charge on any atom is 0.254 e. The summed E-state index contributed by atoms with van der Waals surface area (Å²) >= 11 is 3.44. The van der Waals surface area contributed by atoms with Crippen LogP contribution in [0.2, 0.25) is 0 Å². The van der Waals surface area contributed by atoms with Gasteiger partial charge in [0.2, 0.25) is 5.91 Å². The third kappa shape index (κ3) is 5.31. The topological polar surface area (TPSA) is 69.6 Å². The van der Waals surface area contributed by atoms with Crippen molar-refractivity contribution < 1.29 is 14.3 Å². The quantitative estimate of drug-likeness (QED) is 0.776. The van der Waals surface area contributed by atoms with Crippen LogP contribution in [-0.4, -0.2) is 36.3 Å². The monoisotopic (exact) mass is 414 g/mol. The van der Waals surface area contributed by atoms with Crippen molar-refractivity contribution in [2.24, 2.45) is 12.5 Å². The first-order chi connectivity index (χ1) is 11.7. The molecule has 1 heterocycles. The van der Waals surface area contributed by atoms with E-state index < -0.39 is 5.41 Å². The van der Waals surface area contributed by atoms with E-state index >= 15 is 0 Å². The van der Waals surface area contributed by atoms with Crippen LogP contribution in [0, 0.1) is 5.41 Å². The van der Waals surface area contributed by atoms with Crippen molar-refractivity contribution >= 4 is 21.8 Å². The number of carbonyl (C=O) groups is 1. The van der Waals surface area contributed by atoms with Crippen molar-refractivity contribution in [3.63, 3.8) is 0 Å². The molecule has 2 rings (SSSR count). The molecule has 0 unspecified atom stereocenters. The number of aryl methyl sites for hydroxylation is 1. The number of aromatic nitrogens is 1. The van der Waals surface area contributed by atoms with Crippen LogP contribution < -0.4 is 15.6 Å². The summed E-state index contributed by atoms with van der Waals surface area (Å²) in [5, 5.41) is 3.12. The average Bonchev–Trinajstić information content (AvgIpc) is 2.54. The first-order valence-corrected chi connectivity index (χ1v) is 9.35. The molecule has 140 valence electrons. The molecule has 1 aromatic heterocycles. The van der Waals surface area contributed by atoms with Crippen LogP contribution in [0.3, 0.4) is 0 Å². The molecule has 6 nitrogen and oxygen atoms in total. The predicted molar refractivity (Wildman–Crippen MR) is 99.9 cm³/mol. The van der Waals surface area contributed by atoms with Gasteiger partial charge in [0.1, 0.15) is 5.75 Å². The number of nitrogens with zero attached hydrogens (tertiary/aromatic N) is 1. The molecule has 7 heteroatoms. The maximum atomic E-state index is 12.3. The summed E-state index contributed by atoms with van der Waals surface area (Å²) in [6, 6.07) is 1.67. The zero-order valence-corrected chi connectivity index (χ0v) is 16.9. The summed E-state index contributed by atoms with van der Waals surface area (Å²) in [6.45, 7) is 4.16. The Morgan fingerprint density at radius 1 is 1.36 bits per heavy atom. The van der Waals surface area contributed by atoms with E-state index in [2.05, 4.69) is 21.2 Å². The van der Waals surface area contributed by atoms with Crippen molar-refractivity contribution in [3.05, 3.63) is 27.1 Å². The van der Waals surface area contributed by atoms with Gasteiger partial charge in [-0.2, -0.15) is 0 Å². The van der Waals surface area contributed by atoms with Crippen LogP contribution in [0.5, 0.6) is 5.75 Å². The van der Waals surface area contributed by atoms with Crippen LogP contribution >= 0.6 is 15.9 Å². The second-order valence-electron chi connectivity index (χ2n) is 7.32. The molecule has 25 heavy (non-hydrogen) atoms. The van der Waals surface area contributed by atoms with Crippen molar-refractivity contribution in [1.82, 2.24) is 9.88 Å². The minimum Gasteiger partial charge on any atom is -0.489 e. The molecule has 1 N–H and O–H groups in total. The molecule has 1 saturated carbocycles. The standard InChI is InChI=1S/C18H27BrN2O4/c1-18(2,11-24-4)17(23)20-12-5-7-13(8-6-12)25-15-9-16(22)21(3)10-14(15)19/h9-10,12-13H,5-8,11H2,1-4H3,(H,20,23). The molecule has 1 aliphatic rings. The normalized spacial score (nSPS) is 21.0. The lowest BCUT2D eigenvalue weighted by Gasteiger charge is -2.32. The SMILES string of the molecule is COCC(C)(C)C(=O)NC1CCC(Oc2cc(=O)n(C)cc2Br)CC1. The molecule has 1 fully saturated rings. The van der Waals surface area contributed by atoms with E-state index in [0.29, 0.717) is 12.4 Å². The minimum absolute atomic E-state index is 0.0213. The van der Waals surface area contributed by atoms with Gasteiger partial charge in [0.05, 0.1) is 22.6 Å².